The van der Waals surface area contributed by atoms with Gasteiger partial charge in [0.1, 0.15) is 11.9 Å². The number of aliphatic hydroxyl groups is 1. The lowest BCUT2D eigenvalue weighted by molar-refractivity contribution is -0.119. The lowest BCUT2D eigenvalue weighted by Crippen LogP contribution is -2.40. The van der Waals surface area contributed by atoms with Gasteiger partial charge in [0.2, 0.25) is 11.8 Å². The van der Waals surface area contributed by atoms with E-state index in [1.54, 1.807) is 17.0 Å². The molecule has 7 nitrogen and oxygen atoms in total. The van der Waals surface area contributed by atoms with E-state index in [0.29, 0.717) is 24.5 Å². The van der Waals surface area contributed by atoms with Crippen LogP contribution in [0.2, 0.25) is 0 Å². The Labute approximate surface area is 104 Å². The Morgan fingerprint density at radius 3 is 2.94 bits per heavy atom. The minimum absolute atomic E-state index is 0.289. The summed E-state index contributed by atoms with van der Waals surface area (Å²) in [7, 11) is 1.47. The van der Waals surface area contributed by atoms with Crippen LogP contribution in [-0.2, 0) is 4.79 Å². The van der Waals surface area contributed by atoms with Gasteiger partial charge in [0.25, 0.3) is 0 Å². The van der Waals surface area contributed by atoms with Crippen molar-refractivity contribution in [3.63, 3.8) is 0 Å². The maximum Gasteiger partial charge on any atom is 0.240 e. The third-order valence-electron chi connectivity index (χ3n) is 2.97. The average Bonchev–Trinajstić information content (AvgIpc) is 2.72. The zero-order valence-electron chi connectivity index (χ0n) is 10.0. The van der Waals surface area contributed by atoms with E-state index in [9.17, 15) is 9.90 Å². The lowest BCUT2D eigenvalue weighted by atomic mass is 10.2. The number of methoxy groups -OCH3 is 1. The highest BCUT2D eigenvalue weighted by Gasteiger charge is 2.35. The molecule has 0 saturated carbocycles. The molecule has 1 aromatic heterocycles. The van der Waals surface area contributed by atoms with Crippen LogP contribution in [0.5, 0.6) is 5.88 Å². The molecule has 0 spiro atoms. The third kappa shape index (κ3) is 2.17. The van der Waals surface area contributed by atoms with Crippen molar-refractivity contribution in [2.24, 2.45) is 5.73 Å². The summed E-state index contributed by atoms with van der Waals surface area (Å²) in [5.74, 6) is 0.322. The minimum Gasteiger partial charge on any atom is -0.479 e. The number of hydrogen-bond acceptors (Lipinski definition) is 6. The third-order valence-corrected chi connectivity index (χ3v) is 2.97. The fraction of sp³-hybridized carbons (Fsp3) is 0.455. The fourth-order valence-corrected chi connectivity index (χ4v) is 2.10. The van der Waals surface area contributed by atoms with Crippen LogP contribution in [0.4, 0.5) is 11.5 Å². The number of nitrogen functional groups attached to an aromatic ring is 1. The number of nitrogens with zero attached hydrogens (tertiary/aromatic N) is 2. The minimum atomic E-state index is -0.590. The number of aromatic nitrogens is 1. The van der Waals surface area contributed by atoms with Gasteiger partial charge in [0, 0.05) is 13.0 Å². The van der Waals surface area contributed by atoms with E-state index < -0.39 is 18.1 Å². The number of primary amides is 1. The Kier molecular flexibility index (Phi) is 3.24. The molecule has 1 amide bonds. The molecule has 2 rings (SSSR count). The molecule has 7 heteroatoms. The predicted octanol–water partition coefficient (Wildman–Crippen LogP) is -0.903. The van der Waals surface area contributed by atoms with E-state index in [1.807, 2.05) is 0 Å². The van der Waals surface area contributed by atoms with E-state index in [-0.39, 0.29) is 5.88 Å². The molecule has 98 valence electrons. The van der Waals surface area contributed by atoms with Crippen LogP contribution in [0, 0.1) is 0 Å². The maximum absolute atomic E-state index is 11.3. The smallest absolute Gasteiger partial charge is 0.240 e. The molecule has 0 aromatic carbocycles. The fourth-order valence-electron chi connectivity index (χ4n) is 2.10. The molecule has 1 saturated heterocycles. The number of aliphatic hydroxyl groups excluding tert-OH is 1. The Morgan fingerprint density at radius 1 is 1.61 bits per heavy atom. The normalized spacial score (nSPS) is 23.1. The van der Waals surface area contributed by atoms with Crippen molar-refractivity contribution in [1.82, 2.24) is 4.98 Å². The summed E-state index contributed by atoms with van der Waals surface area (Å²) in [6, 6.07) is 2.76. The lowest BCUT2D eigenvalue weighted by Gasteiger charge is -2.23. The zero-order valence-corrected chi connectivity index (χ0v) is 10.0. The number of ether oxygens (including phenoxy) is 1. The predicted molar refractivity (Wildman–Crippen MR) is 66.2 cm³/mol. The van der Waals surface area contributed by atoms with Crippen LogP contribution in [0.3, 0.4) is 0 Å². The highest BCUT2D eigenvalue weighted by Crippen LogP contribution is 2.28. The molecular formula is C11H16N4O3. The van der Waals surface area contributed by atoms with E-state index in [1.165, 1.54) is 7.11 Å². The van der Waals surface area contributed by atoms with Crippen LogP contribution in [-0.4, -0.2) is 41.8 Å². The number of β-amino-alcohol motifs (C(OH)–C–C–N with tert-alkyl or cyclic N) is 1. The number of anilines is 2. The van der Waals surface area contributed by atoms with Crippen LogP contribution in [0.25, 0.3) is 0 Å². The molecule has 2 atom stereocenters. The summed E-state index contributed by atoms with van der Waals surface area (Å²) >= 11 is 0. The van der Waals surface area contributed by atoms with Gasteiger partial charge in [0.15, 0.2) is 0 Å². The number of carbonyl (C=O) groups is 1. The standard InChI is InChI=1S/C11H16N4O3/c1-18-11-7(12)2-3-9(14-11)15-5-6(16)4-8(15)10(13)17/h2-3,6,8,16H,4-5,12H2,1H3,(H2,13,17). The molecule has 0 bridgehead atoms. The average molecular weight is 252 g/mol. The first-order valence-electron chi connectivity index (χ1n) is 5.57. The molecule has 18 heavy (non-hydrogen) atoms. The van der Waals surface area contributed by atoms with Crippen LogP contribution < -0.4 is 21.1 Å². The van der Waals surface area contributed by atoms with E-state index in [0.717, 1.165) is 0 Å². The van der Waals surface area contributed by atoms with Crippen LogP contribution >= 0.6 is 0 Å². The van der Waals surface area contributed by atoms with Crippen molar-refractivity contribution >= 4 is 17.4 Å². The number of carbonyl (C=O) groups excluding carboxylic acids is 1. The van der Waals surface area contributed by atoms with Gasteiger partial charge in [-0.1, -0.05) is 0 Å². The Bertz CT molecular complexity index is 466. The summed E-state index contributed by atoms with van der Waals surface area (Å²) in [5.41, 5.74) is 11.4. The quantitative estimate of drug-likeness (QED) is 0.642. The first-order valence-corrected chi connectivity index (χ1v) is 5.57. The zero-order chi connectivity index (χ0) is 13.3. The van der Waals surface area contributed by atoms with Gasteiger partial charge in [-0.05, 0) is 12.1 Å². The molecule has 1 fully saturated rings. The largest absolute Gasteiger partial charge is 0.479 e. The molecule has 0 radical (unpaired) electrons. The molecule has 1 aliphatic heterocycles. The van der Waals surface area contributed by atoms with Gasteiger partial charge in [-0.3, -0.25) is 4.79 Å². The Balaban J connectivity index is 2.32. The van der Waals surface area contributed by atoms with Gasteiger partial charge in [-0.15, -0.1) is 0 Å². The Hall–Kier alpha value is -2.02. The van der Waals surface area contributed by atoms with Crippen LogP contribution in [0.15, 0.2) is 12.1 Å². The SMILES string of the molecule is COc1nc(N2CC(O)CC2C(N)=O)ccc1N. The monoisotopic (exact) mass is 252 g/mol. The maximum atomic E-state index is 11.3. The van der Waals surface area contributed by atoms with Gasteiger partial charge >= 0.3 is 0 Å². The molecular weight excluding hydrogens is 236 g/mol. The summed E-state index contributed by atoms with van der Waals surface area (Å²) in [5, 5.41) is 9.63. The second-order valence-corrected chi connectivity index (χ2v) is 4.23. The van der Waals surface area contributed by atoms with E-state index in [4.69, 9.17) is 16.2 Å². The van der Waals surface area contributed by atoms with Gasteiger partial charge in [-0.25, -0.2) is 0 Å². The van der Waals surface area contributed by atoms with Crippen molar-refractivity contribution in [2.75, 3.05) is 24.3 Å². The second kappa shape index (κ2) is 4.69. The highest BCUT2D eigenvalue weighted by molar-refractivity contribution is 5.84. The van der Waals surface area contributed by atoms with Crippen molar-refractivity contribution in [1.29, 1.82) is 0 Å². The number of nitrogens with two attached hydrogens (primary N) is 2. The summed E-state index contributed by atoms with van der Waals surface area (Å²) in [6.07, 6.45) is -0.281. The Morgan fingerprint density at radius 2 is 2.33 bits per heavy atom. The molecule has 1 aliphatic rings. The second-order valence-electron chi connectivity index (χ2n) is 4.23. The van der Waals surface area contributed by atoms with Crippen LogP contribution in [0.1, 0.15) is 6.42 Å². The number of rotatable bonds is 3. The van der Waals surface area contributed by atoms with E-state index in [2.05, 4.69) is 4.98 Å². The molecule has 0 aliphatic carbocycles. The summed E-state index contributed by atoms with van der Waals surface area (Å²) < 4.78 is 5.03. The number of amides is 1. The first-order chi connectivity index (χ1) is 8.52. The molecule has 2 unspecified atom stereocenters. The summed E-state index contributed by atoms with van der Waals surface area (Å²) in [6.45, 7) is 0.313. The van der Waals surface area contributed by atoms with E-state index >= 15 is 0 Å². The summed E-state index contributed by atoms with van der Waals surface area (Å²) in [4.78, 5) is 17.2. The topological polar surface area (TPSA) is 115 Å². The first kappa shape index (κ1) is 12.4. The molecule has 1 aromatic rings. The van der Waals surface area contributed by atoms with Crippen molar-refractivity contribution in [2.45, 2.75) is 18.6 Å². The number of hydrogen-bond donors (Lipinski definition) is 3. The number of pyridine rings is 1. The molecule has 2 heterocycles. The van der Waals surface area contributed by atoms with Gasteiger partial charge < -0.3 is 26.2 Å². The molecule has 5 N–H and O–H groups in total. The van der Waals surface area contributed by atoms with Gasteiger partial charge in [-0.2, -0.15) is 4.98 Å². The van der Waals surface area contributed by atoms with Crippen molar-refractivity contribution in [3.8, 4) is 5.88 Å². The highest BCUT2D eigenvalue weighted by atomic mass is 16.5. The van der Waals surface area contributed by atoms with Crippen molar-refractivity contribution in [3.05, 3.63) is 12.1 Å². The van der Waals surface area contributed by atoms with Crippen molar-refractivity contribution < 1.29 is 14.6 Å². The van der Waals surface area contributed by atoms with Gasteiger partial charge in [0.05, 0.1) is 18.9 Å².